The molecule has 35 heavy (non-hydrogen) atoms. The van der Waals surface area contributed by atoms with Crippen molar-refractivity contribution in [1.82, 2.24) is 29.3 Å². The number of nitrogens with one attached hydrogen (secondary N) is 1. The van der Waals surface area contributed by atoms with Crippen molar-refractivity contribution in [2.45, 2.75) is 32.0 Å². The Morgan fingerprint density at radius 2 is 2.06 bits per heavy atom. The number of nitrogens with zero attached hydrogens (tertiary/aromatic N) is 6. The van der Waals surface area contributed by atoms with Gasteiger partial charge in [0.1, 0.15) is 17.2 Å². The van der Waals surface area contributed by atoms with Crippen LogP contribution in [-0.2, 0) is 12.6 Å². The molecule has 0 aromatic carbocycles. The van der Waals surface area contributed by atoms with Crippen LogP contribution in [0.15, 0.2) is 49.1 Å². The van der Waals surface area contributed by atoms with Gasteiger partial charge in [0.15, 0.2) is 0 Å². The van der Waals surface area contributed by atoms with Gasteiger partial charge in [-0.3, -0.25) is 9.78 Å². The van der Waals surface area contributed by atoms with E-state index in [1.165, 1.54) is 7.11 Å². The van der Waals surface area contributed by atoms with Crippen LogP contribution in [0.4, 0.5) is 19.0 Å². The molecular formula is C23H20F3N7O2. The lowest BCUT2D eigenvalue weighted by atomic mass is 10.2. The molecule has 5 rings (SSSR count). The number of aryl methyl sites for hydroxylation is 1. The lowest BCUT2D eigenvalue weighted by Gasteiger charge is -2.12. The van der Waals surface area contributed by atoms with Crippen LogP contribution in [0.25, 0.3) is 17.1 Å². The maximum atomic E-state index is 13.4. The Kier molecular flexibility index (Phi) is 5.50. The molecule has 0 aliphatic carbocycles. The van der Waals surface area contributed by atoms with E-state index in [4.69, 9.17) is 4.74 Å². The van der Waals surface area contributed by atoms with E-state index >= 15 is 0 Å². The van der Waals surface area contributed by atoms with E-state index in [-0.39, 0.29) is 22.9 Å². The number of fused-ring (bicyclic) bond motifs is 1. The zero-order chi connectivity index (χ0) is 24.7. The zero-order valence-corrected chi connectivity index (χ0v) is 18.7. The molecular weight excluding hydrogens is 463 g/mol. The Bertz CT molecular complexity index is 1410. The van der Waals surface area contributed by atoms with Crippen molar-refractivity contribution in [2.75, 3.05) is 12.4 Å². The van der Waals surface area contributed by atoms with Crippen molar-refractivity contribution in [2.24, 2.45) is 0 Å². The van der Waals surface area contributed by atoms with Gasteiger partial charge in [0.2, 0.25) is 5.88 Å². The highest BCUT2D eigenvalue weighted by Crippen LogP contribution is 2.34. The minimum absolute atomic E-state index is 0.0597. The van der Waals surface area contributed by atoms with Crippen molar-refractivity contribution in [1.29, 1.82) is 0 Å². The average Bonchev–Trinajstić information content (AvgIpc) is 3.55. The second-order valence-electron chi connectivity index (χ2n) is 8.07. The Morgan fingerprint density at radius 3 is 2.83 bits per heavy atom. The Labute approximate surface area is 197 Å². The third-order valence-electron chi connectivity index (χ3n) is 5.82. The molecule has 1 unspecified atom stereocenters. The second-order valence-corrected chi connectivity index (χ2v) is 8.07. The number of halogens is 3. The topological polar surface area (TPSA) is 99.7 Å². The second kappa shape index (κ2) is 8.53. The summed E-state index contributed by atoms with van der Waals surface area (Å²) in [5.74, 6) is 0.482. The number of amides is 1. The third-order valence-corrected chi connectivity index (χ3v) is 5.82. The highest BCUT2D eigenvalue weighted by Gasteiger charge is 2.35. The SMILES string of the molecule is COc1nn(-c2cnccc2C(F)(F)F)cc1C(=O)Nc1cccc(-c2cnc3n2C(C)CC3)n1. The van der Waals surface area contributed by atoms with E-state index < -0.39 is 17.6 Å². The molecule has 180 valence electrons. The van der Waals surface area contributed by atoms with Gasteiger partial charge in [-0.25, -0.2) is 14.6 Å². The van der Waals surface area contributed by atoms with E-state index in [9.17, 15) is 18.0 Å². The number of imidazole rings is 1. The molecule has 5 heterocycles. The summed E-state index contributed by atoms with van der Waals surface area (Å²) in [4.78, 5) is 25.8. The molecule has 1 aliphatic rings. The summed E-state index contributed by atoms with van der Waals surface area (Å²) in [5, 5.41) is 6.68. The highest BCUT2D eigenvalue weighted by molar-refractivity contribution is 6.05. The fourth-order valence-corrected chi connectivity index (χ4v) is 4.16. The van der Waals surface area contributed by atoms with Crippen LogP contribution in [0.5, 0.6) is 5.88 Å². The maximum absolute atomic E-state index is 13.4. The van der Waals surface area contributed by atoms with Gasteiger partial charge < -0.3 is 14.6 Å². The molecule has 1 N–H and O–H groups in total. The molecule has 4 aromatic rings. The number of carbonyl (C=O) groups is 1. The number of anilines is 1. The molecule has 1 amide bonds. The smallest absolute Gasteiger partial charge is 0.418 e. The maximum Gasteiger partial charge on any atom is 0.418 e. The van der Waals surface area contributed by atoms with Gasteiger partial charge in [0.25, 0.3) is 5.91 Å². The Balaban J connectivity index is 1.44. The summed E-state index contributed by atoms with van der Waals surface area (Å²) >= 11 is 0. The van der Waals surface area contributed by atoms with Gasteiger partial charge in [-0.15, -0.1) is 5.10 Å². The molecule has 12 heteroatoms. The van der Waals surface area contributed by atoms with Crippen LogP contribution in [-0.4, -0.2) is 42.3 Å². The lowest BCUT2D eigenvalue weighted by molar-refractivity contribution is -0.137. The zero-order valence-electron chi connectivity index (χ0n) is 18.7. The number of rotatable bonds is 5. The Hall–Kier alpha value is -4.22. The predicted octanol–water partition coefficient (Wildman–Crippen LogP) is 4.31. The number of pyridine rings is 2. The number of aromatic nitrogens is 6. The van der Waals surface area contributed by atoms with Crippen molar-refractivity contribution < 1.29 is 22.7 Å². The fraction of sp³-hybridized carbons (Fsp3) is 0.261. The normalized spacial score (nSPS) is 15.2. The number of carbonyl (C=O) groups excluding carboxylic acids is 1. The van der Waals surface area contributed by atoms with Gasteiger partial charge in [-0.2, -0.15) is 13.2 Å². The van der Waals surface area contributed by atoms with E-state index in [2.05, 4.69) is 36.9 Å². The van der Waals surface area contributed by atoms with E-state index in [0.717, 1.165) is 53.7 Å². The van der Waals surface area contributed by atoms with Crippen molar-refractivity contribution in [3.05, 3.63) is 66.0 Å². The lowest BCUT2D eigenvalue weighted by Crippen LogP contribution is -2.14. The van der Waals surface area contributed by atoms with Crippen LogP contribution in [0, 0.1) is 0 Å². The number of methoxy groups -OCH3 is 1. The van der Waals surface area contributed by atoms with Crippen LogP contribution < -0.4 is 10.1 Å². The Morgan fingerprint density at radius 1 is 1.23 bits per heavy atom. The van der Waals surface area contributed by atoms with Gasteiger partial charge in [0, 0.05) is 24.9 Å². The van der Waals surface area contributed by atoms with Crippen molar-refractivity contribution >= 4 is 11.7 Å². The minimum Gasteiger partial charge on any atom is -0.479 e. The molecule has 1 aliphatic heterocycles. The first kappa shape index (κ1) is 22.6. The molecule has 1 atom stereocenters. The number of ether oxygens (including phenoxy) is 1. The number of hydrogen-bond donors (Lipinski definition) is 1. The summed E-state index contributed by atoms with van der Waals surface area (Å²) in [6, 6.07) is 6.33. The minimum atomic E-state index is -4.63. The monoisotopic (exact) mass is 483 g/mol. The van der Waals surface area contributed by atoms with Crippen LogP contribution >= 0.6 is 0 Å². The number of hydrogen-bond acceptors (Lipinski definition) is 6. The molecule has 0 saturated carbocycles. The molecule has 4 aromatic heterocycles. The van der Waals surface area contributed by atoms with Crippen LogP contribution in [0.1, 0.15) is 41.1 Å². The summed E-state index contributed by atoms with van der Waals surface area (Å²) in [6.07, 6.45) is 2.25. The summed E-state index contributed by atoms with van der Waals surface area (Å²) in [6.45, 7) is 2.11. The molecule has 9 nitrogen and oxygen atoms in total. The highest BCUT2D eigenvalue weighted by atomic mass is 19.4. The fourth-order valence-electron chi connectivity index (χ4n) is 4.16. The summed E-state index contributed by atoms with van der Waals surface area (Å²) in [7, 11) is 1.28. The standard InChI is InChI=1S/C23H20F3N7O2/c1-13-6-7-20-28-11-18(33(13)20)16-4-3-5-19(29-16)30-21(34)14-12-32(31-22(14)35-2)17-10-27-9-8-15(17)23(24,25)26/h3-5,8-13H,6-7H2,1-2H3,(H,29,30,34). The van der Waals surface area contributed by atoms with Crippen LogP contribution in [0.3, 0.4) is 0 Å². The number of alkyl halides is 3. The van der Waals surface area contributed by atoms with Gasteiger partial charge >= 0.3 is 6.18 Å². The average molecular weight is 483 g/mol. The van der Waals surface area contributed by atoms with Crippen LogP contribution in [0.2, 0.25) is 0 Å². The predicted molar refractivity (Wildman–Crippen MR) is 119 cm³/mol. The quantitative estimate of drug-likeness (QED) is 0.454. The van der Waals surface area contributed by atoms with E-state index in [1.54, 1.807) is 18.3 Å². The molecule has 0 spiro atoms. The van der Waals surface area contributed by atoms with Crippen molar-refractivity contribution in [3.8, 4) is 23.0 Å². The molecule has 0 bridgehead atoms. The van der Waals surface area contributed by atoms with Gasteiger partial charge in [-0.05, 0) is 31.5 Å². The third kappa shape index (κ3) is 4.11. The molecule has 0 saturated heterocycles. The van der Waals surface area contributed by atoms with E-state index in [0.29, 0.717) is 11.7 Å². The first-order valence-corrected chi connectivity index (χ1v) is 10.8. The summed E-state index contributed by atoms with van der Waals surface area (Å²) in [5.41, 5.74) is 0.157. The van der Waals surface area contributed by atoms with E-state index in [1.807, 2.05) is 6.07 Å². The summed E-state index contributed by atoms with van der Waals surface area (Å²) < 4.78 is 48.5. The first-order valence-electron chi connectivity index (χ1n) is 10.8. The largest absolute Gasteiger partial charge is 0.479 e. The molecule has 0 radical (unpaired) electrons. The molecule has 0 fully saturated rings. The van der Waals surface area contributed by atoms with Crippen molar-refractivity contribution in [3.63, 3.8) is 0 Å². The van der Waals surface area contributed by atoms with Gasteiger partial charge in [-0.1, -0.05) is 6.07 Å². The first-order chi connectivity index (χ1) is 16.8. The van der Waals surface area contributed by atoms with Gasteiger partial charge in [0.05, 0.1) is 42.1 Å².